The van der Waals surface area contributed by atoms with Crippen molar-refractivity contribution < 1.29 is 5.11 Å². The smallest absolute Gasteiger partial charge is 0.0649 e. The number of nitrogens with one attached hydrogen (secondary N) is 1. The SMILES string of the molecule is CCCCCC1(O)CCC(NCCC)CC1. The molecule has 2 N–H and O–H groups in total. The van der Waals surface area contributed by atoms with E-state index in [4.69, 9.17) is 0 Å². The predicted octanol–water partition coefficient (Wildman–Crippen LogP) is 3.24. The van der Waals surface area contributed by atoms with Crippen molar-refractivity contribution in [3.05, 3.63) is 0 Å². The fourth-order valence-corrected chi connectivity index (χ4v) is 2.66. The number of unbranched alkanes of at least 4 members (excludes halogenated alkanes) is 2. The standard InChI is InChI=1S/C14H29NO/c1-3-5-6-9-14(16)10-7-13(8-11-14)15-12-4-2/h13,15-16H,3-12H2,1-2H3. The Morgan fingerprint density at radius 1 is 1.12 bits per heavy atom. The Hall–Kier alpha value is -0.0800. The number of hydrogen-bond acceptors (Lipinski definition) is 2. The summed E-state index contributed by atoms with van der Waals surface area (Å²) in [7, 11) is 0. The Kier molecular flexibility index (Phi) is 6.37. The molecule has 2 heteroatoms. The molecule has 0 unspecified atom stereocenters. The van der Waals surface area contributed by atoms with Gasteiger partial charge in [0.2, 0.25) is 0 Å². The minimum Gasteiger partial charge on any atom is -0.390 e. The molecule has 96 valence electrons. The van der Waals surface area contributed by atoms with E-state index >= 15 is 0 Å². The normalized spacial score (nSPS) is 30.6. The molecule has 2 nitrogen and oxygen atoms in total. The zero-order valence-electron chi connectivity index (χ0n) is 11.1. The summed E-state index contributed by atoms with van der Waals surface area (Å²) in [6, 6.07) is 0.659. The number of hydrogen-bond donors (Lipinski definition) is 2. The highest BCUT2D eigenvalue weighted by molar-refractivity contribution is 4.87. The van der Waals surface area contributed by atoms with Gasteiger partial charge in [-0.2, -0.15) is 0 Å². The lowest BCUT2D eigenvalue weighted by atomic mass is 9.79. The topological polar surface area (TPSA) is 32.3 Å². The van der Waals surface area contributed by atoms with Crippen molar-refractivity contribution in [3.63, 3.8) is 0 Å². The fraction of sp³-hybridized carbons (Fsp3) is 1.00. The molecule has 0 heterocycles. The van der Waals surface area contributed by atoms with Gasteiger partial charge in [0.1, 0.15) is 0 Å². The molecule has 0 spiro atoms. The van der Waals surface area contributed by atoms with Crippen molar-refractivity contribution in [1.82, 2.24) is 5.32 Å². The number of rotatable bonds is 7. The second kappa shape index (κ2) is 7.29. The van der Waals surface area contributed by atoms with Crippen molar-refractivity contribution in [2.24, 2.45) is 0 Å². The molecule has 0 aromatic heterocycles. The molecule has 0 aromatic carbocycles. The van der Waals surface area contributed by atoms with E-state index in [2.05, 4.69) is 19.2 Å². The second-order valence-electron chi connectivity index (χ2n) is 5.41. The number of aliphatic hydroxyl groups is 1. The third kappa shape index (κ3) is 4.84. The van der Waals surface area contributed by atoms with Gasteiger partial charge < -0.3 is 10.4 Å². The first-order valence-corrected chi connectivity index (χ1v) is 7.16. The minimum absolute atomic E-state index is 0.334. The van der Waals surface area contributed by atoms with Crippen LogP contribution in [0.15, 0.2) is 0 Å². The maximum Gasteiger partial charge on any atom is 0.0649 e. The van der Waals surface area contributed by atoms with Crippen molar-refractivity contribution in [2.75, 3.05) is 6.54 Å². The van der Waals surface area contributed by atoms with Gasteiger partial charge in [-0.1, -0.05) is 33.1 Å². The molecule has 1 saturated carbocycles. The van der Waals surface area contributed by atoms with Gasteiger partial charge >= 0.3 is 0 Å². The summed E-state index contributed by atoms with van der Waals surface area (Å²) in [6.45, 7) is 5.55. The van der Waals surface area contributed by atoms with E-state index in [9.17, 15) is 5.11 Å². The summed E-state index contributed by atoms with van der Waals surface area (Å²) in [4.78, 5) is 0. The van der Waals surface area contributed by atoms with Gasteiger partial charge in [0.15, 0.2) is 0 Å². The van der Waals surface area contributed by atoms with Gasteiger partial charge in [-0.3, -0.25) is 0 Å². The van der Waals surface area contributed by atoms with Crippen molar-refractivity contribution in [3.8, 4) is 0 Å². The Labute approximate surface area is 101 Å². The van der Waals surface area contributed by atoms with Crippen LogP contribution in [-0.4, -0.2) is 23.3 Å². The van der Waals surface area contributed by atoms with Gasteiger partial charge in [0.25, 0.3) is 0 Å². The molecular weight excluding hydrogens is 198 g/mol. The maximum atomic E-state index is 10.4. The Morgan fingerprint density at radius 2 is 1.81 bits per heavy atom. The monoisotopic (exact) mass is 227 g/mol. The average molecular weight is 227 g/mol. The molecule has 1 aliphatic rings. The molecular formula is C14H29NO. The van der Waals surface area contributed by atoms with Crippen LogP contribution in [0.5, 0.6) is 0 Å². The van der Waals surface area contributed by atoms with Crippen LogP contribution < -0.4 is 5.32 Å². The molecule has 0 aromatic rings. The minimum atomic E-state index is -0.334. The van der Waals surface area contributed by atoms with Crippen LogP contribution in [-0.2, 0) is 0 Å². The lowest BCUT2D eigenvalue weighted by Crippen LogP contribution is -2.41. The first-order valence-electron chi connectivity index (χ1n) is 7.16. The summed E-state index contributed by atoms with van der Waals surface area (Å²) < 4.78 is 0. The molecule has 1 rings (SSSR count). The third-order valence-corrected chi connectivity index (χ3v) is 3.85. The van der Waals surface area contributed by atoms with E-state index in [0.29, 0.717) is 6.04 Å². The molecule has 16 heavy (non-hydrogen) atoms. The average Bonchev–Trinajstić information content (AvgIpc) is 2.29. The highest BCUT2D eigenvalue weighted by Gasteiger charge is 2.32. The highest BCUT2D eigenvalue weighted by Crippen LogP contribution is 2.32. The Balaban J connectivity index is 2.18. The van der Waals surface area contributed by atoms with E-state index in [-0.39, 0.29) is 5.60 Å². The summed E-state index contributed by atoms with van der Waals surface area (Å²) in [5.41, 5.74) is -0.334. The Morgan fingerprint density at radius 3 is 2.38 bits per heavy atom. The molecule has 0 radical (unpaired) electrons. The van der Waals surface area contributed by atoms with Crippen LogP contribution in [0.2, 0.25) is 0 Å². The van der Waals surface area contributed by atoms with Crippen LogP contribution in [0.3, 0.4) is 0 Å². The zero-order chi connectivity index (χ0) is 11.9. The summed E-state index contributed by atoms with van der Waals surface area (Å²) in [5, 5.41) is 14.0. The summed E-state index contributed by atoms with van der Waals surface area (Å²) in [6.07, 6.45) is 10.2. The van der Waals surface area contributed by atoms with Gasteiger partial charge in [0.05, 0.1) is 5.60 Å². The molecule has 0 atom stereocenters. The quantitative estimate of drug-likeness (QED) is 0.654. The molecule has 0 amide bonds. The predicted molar refractivity (Wildman–Crippen MR) is 69.6 cm³/mol. The van der Waals surface area contributed by atoms with E-state index in [0.717, 1.165) is 38.6 Å². The summed E-state index contributed by atoms with van der Waals surface area (Å²) in [5.74, 6) is 0. The molecule has 0 bridgehead atoms. The van der Waals surface area contributed by atoms with E-state index in [1.54, 1.807) is 0 Å². The molecule has 0 aliphatic heterocycles. The van der Waals surface area contributed by atoms with Crippen molar-refractivity contribution in [2.45, 2.75) is 83.3 Å². The lowest BCUT2D eigenvalue weighted by Gasteiger charge is -2.36. The van der Waals surface area contributed by atoms with E-state index in [1.807, 2.05) is 0 Å². The molecule has 0 saturated heterocycles. The van der Waals surface area contributed by atoms with Crippen molar-refractivity contribution in [1.29, 1.82) is 0 Å². The van der Waals surface area contributed by atoms with E-state index < -0.39 is 0 Å². The van der Waals surface area contributed by atoms with Crippen molar-refractivity contribution >= 4 is 0 Å². The van der Waals surface area contributed by atoms with Gasteiger partial charge in [0, 0.05) is 6.04 Å². The van der Waals surface area contributed by atoms with E-state index in [1.165, 1.54) is 25.7 Å². The van der Waals surface area contributed by atoms with Crippen LogP contribution in [0, 0.1) is 0 Å². The zero-order valence-corrected chi connectivity index (χ0v) is 11.1. The fourth-order valence-electron chi connectivity index (χ4n) is 2.66. The largest absolute Gasteiger partial charge is 0.390 e. The van der Waals surface area contributed by atoms with Gasteiger partial charge in [-0.15, -0.1) is 0 Å². The van der Waals surface area contributed by atoms with Crippen LogP contribution in [0.25, 0.3) is 0 Å². The van der Waals surface area contributed by atoms with Crippen LogP contribution >= 0.6 is 0 Å². The molecule has 1 aliphatic carbocycles. The lowest BCUT2D eigenvalue weighted by molar-refractivity contribution is -0.0129. The van der Waals surface area contributed by atoms with Crippen LogP contribution in [0.4, 0.5) is 0 Å². The second-order valence-corrected chi connectivity index (χ2v) is 5.41. The first-order chi connectivity index (χ1) is 7.70. The van der Waals surface area contributed by atoms with Gasteiger partial charge in [-0.05, 0) is 45.1 Å². The first kappa shape index (κ1) is 14.0. The summed E-state index contributed by atoms with van der Waals surface area (Å²) >= 11 is 0. The molecule has 1 fully saturated rings. The maximum absolute atomic E-state index is 10.4. The van der Waals surface area contributed by atoms with Gasteiger partial charge in [-0.25, -0.2) is 0 Å². The van der Waals surface area contributed by atoms with Crippen LogP contribution in [0.1, 0.15) is 71.6 Å². The highest BCUT2D eigenvalue weighted by atomic mass is 16.3. The third-order valence-electron chi connectivity index (χ3n) is 3.85. The Bertz CT molecular complexity index is 174.